The Labute approximate surface area is 93.7 Å². The Balaban J connectivity index is 2.51. The quantitative estimate of drug-likeness (QED) is 0.705. The third-order valence-corrected chi connectivity index (χ3v) is 5.08. The van der Waals surface area contributed by atoms with E-state index in [0.717, 1.165) is 17.5 Å². The van der Waals surface area contributed by atoms with Crippen LogP contribution in [0.5, 0.6) is 0 Å². The molecule has 1 aromatic rings. The van der Waals surface area contributed by atoms with Crippen molar-refractivity contribution in [2.45, 2.75) is 10.6 Å². The van der Waals surface area contributed by atoms with Crippen LogP contribution >= 0.6 is 11.6 Å². The molecule has 0 amide bonds. The molecule has 1 unspecified atom stereocenters. The summed E-state index contributed by atoms with van der Waals surface area (Å²) in [6.07, 6.45) is 6.25. The zero-order valence-electron chi connectivity index (χ0n) is 8.14. The molecule has 0 saturated heterocycles. The number of aromatic nitrogens is 1. The van der Waals surface area contributed by atoms with Gasteiger partial charge in [-0.25, -0.2) is 8.42 Å². The molecule has 2 rings (SSSR count). The first-order chi connectivity index (χ1) is 6.92. The fraction of sp³-hybridized carbons (Fsp3) is 0.300. The average Bonchev–Trinajstić information content (AvgIpc) is 2.16. The van der Waals surface area contributed by atoms with E-state index in [4.69, 9.17) is 11.6 Å². The maximum Gasteiger partial charge on any atom is 0.171 e. The summed E-state index contributed by atoms with van der Waals surface area (Å²) >= 11 is 6.08. The van der Waals surface area contributed by atoms with Crippen LogP contribution in [0.3, 0.4) is 0 Å². The van der Waals surface area contributed by atoms with E-state index in [0.29, 0.717) is 0 Å². The van der Waals surface area contributed by atoms with Crippen LogP contribution in [0.1, 0.15) is 11.3 Å². The van der Waals surface area contributed by atoms with Gasteiger partial charge >= 0.3 is 0 Å². The molecule has 0 spiro atoms. The molecule has 0 aromatic carbocycles. The summed E-state index contributed by atoms with van der Waals surface area (Å²) in [7, 11) is -3.32. The van der Waals surface area contributed by atoms with Crippen molar-refractivity contribution in [3.05, 3.63) is 35.7 Å². The first kappa shape index (κ1) is 10.6. The van der Waals surface area contributed by atoms with Crippen molar-refractivity contribution < 1.29 is 8.42 Å². The fourth-order valence-electron chi connectivity index (χ4n) is 1.53. The second-order valence-electron chi connectivity index (χ2n) is 3.62. The van der Waals surface area contributed by atoms with Gasteiger partial charge in [-0.1, -0.05) is 17.7 Å². The van der Waals surface area contributed by atoms with Crippen LogP contribution in [-0.2, 0) is 16.3 Å². The Morgan fingerprint density at radius 2 is 2.27 bits per heavy atom. The highest BCUT2D eigenvalue weighted by Crippen LogP contribution is 2.34. The summed E-state index contributed by atoms with van der Waals surface area (Å²) in [5, 5.41) is 0. The van der Waals surface area contributed by atoms with E-state index < -0.39 is 14.0 Å². The molecule has 0 saturated carbocycles. The number of rotatable bonds is 1. The van der Waals surface area contributed by atoms with Crippen molar-refractivity contribution in [2.24, 2.45) is 0 Å². The second kappa shape index (κ2) is 3.32. The molecule has 1 heterocycles. The van der Waals surface area contributed by atoms with Gasteiger partial charge in [-0.3, -0.25) is 4.98 Å². The molecule has 1 aliphatic rings. The number of sulfone groups is 1. The van der Waals surface area contributed by atoms with E-state index in [1.165, 1.54) is 6.08 Å². The molecule has 1 aromatic heterocycles. The Hall–Kier alpha value is -0.870. The van der Waals surface area contributed by atoms with Crippen molar-refractivity contribution in [3.63, 3.8) is 0 Å². The smallest absolute Gasteiger partial charge is 0.171 e. The predicted octanol–water partition coefficient (Wildman–Crippen LogP) is 1.63. The van der Waals surface area contributed by atoms with Gasteiger partial charge in [-0.2, -0.15) is 0 Å². The van der Waals surface area contributed by atoms with Crippen LogP contribution < -0.4 is 0 Å². The summed E-state index contributed by atoms with van der Waals surface area (Å²) in [6.45, 7) is 0. The van der Waals surface area contributed by atoms with E-state index in [1.54, 1.807) is 18.3 Å². The standard InChI is InChI=1S/C10H10ClNO2S/c1-15(13,14)10(11)5-4-9-8(7-10)3-2-6-12-9/h2-6H,7H2,1H3. The van der Waals surface area contributed by atoms with E-state index >= 15 is 0 Å². The Bertz CT molecular complexity index is 524. The third kappa shape index (κ3) is 1.79. The van der Waals surface area contributed by atoms with Gasteiger partial charge in [0.2, 0.25) is 0 Å². The molecule has 0 aliphatic heterocycles. The minimum absolute atomic E-state index is 0.271. The lowest BCUT2D eigenvalue weighted by molar-refractivity contribution is 0.587. The summed E-state index contributed by atoms with van der Waals surface area (Å²) in [6, 6.07) is 3.62. The van der Waals surface area contributed by atoms with Gasteiger partial charge in [0.05, 0.1) is 5.69 Å². The normalized spacial score (nSPS) is 24.9. The molecule has 1 atom stereocenters. The number of halogens is 1. The maximum absolute atomic E-state index is 11.5. The minimum atomic E-state index is -3.32. The number of nitrogens with zero attached hydrogens (tertiary/aromatic N) is 1. The molecule has 5 heteroatoms. The van der Waals surface area contributed by atoms with Crippen LogP contribution in [0.2, 0.25) is 0 Å². The first-order valence-corrected chi connectivity index (χ1v) is 6.71. The molecule has 15 heavy (non-hydrogen) atoms. The van der Waals surface area contributed by atoms with Crippen molar-refractivity contribution >= 4 is 27.5 Å². The zero-order chi connectivity index (χ0) is 11.1. The third-order valence-electron chi connectivity index (χ3n) is 2.46. The van der Waals surface area contributed by atoms with Crippen LogP contribution in [0, 0.1) is 0 Å². The number of hydrogen-bond acceptors (Lipinski definition) is 3. The molecular weight excluding hydrogens is 234 g/mol. The van der Waals surface area contributed by atoms with Gasteiger partial charge in [0, 0.05) is 18.9 Å². The van der Waals surface area contributed by atoms with E-state index in [-0.39, 0.29) is 6.42 Å². The predicted molar refractivity (Wildman–Crippen MR) is 60.4 cm³/mol. The number of pyridine rings is 1. The number of alkyl halides is 1. The molecule has 0 fully saturated rings. The Kier molecular flexibility index (Phi) is 2.35. The van der Waals surface area contributed by atoms with Crippen molar-refractivity contribution in [3.8, 4) is 0 Å². The van der Waals surface area contributed by atoms with Gasteiger partial charge in [0.15, 0.2) is 14.0 Å². The summed E-state index contributed by atoms with van der Waals surface area (Å²) < 4.78 is 21.7. The van der Waals surface area contributed by atoms with Crippen LogP contribution in [0.4, 0.5) is 0 Å². The molecule has 1 aliphatic carbocycles. The molecule has 0 N–H and O–H groups in total. The van der Waals surface area contributed by atoms with E-state index in [2.05, 4.69) is 4.98 Å². The summed E-state index contributed by atoms with van der Waals surface area (Å²) in [5.41, 5.74) is 1.65. The first-order valence-electron chi connectivity index (χ1n) is 4.44. The second-order valence-corrected chi connectivity index (χ2v) is 6.79. The van der Waals surface area contributed by atoms with E-state index in [1.807, 2.05) is 6.07 Å². The SMILES string of the molecule is CS(=O)(=O)C1(Cl)C=Cc2ncccc2C1. The van der Waals surface area contributed by atoms with Crippen LogP contribution in [-0.4, -0.2) is 23.9 Å². The highest BCUT2D eigenvalue weighted by atomic mass is 35.5. The average molecular weight is 244 g/mol. The molecule has 0 radical (unpaired) electrons. The van der Waals surface area contributed by atoms with Gasteiger partial charge in [0.1, 0.15) is 0 Å². The van der Waals surface area contributed by atoms with Crippen molar-refractivity contribution in [2.75, 3.05) is 6.26 Å². The topological polar surface area (TPSA) is 47.0 Å². The fourth-order valence-corrected chi connectivity index (χ4v) is 2.47. The van der Waals surface area contributed by atoms with Gasteiger partial charge in [-0.05, 0) is 23.8 Å². The van der Waals surface area contributed by atoms with Crippen molar-refractivity contribution in [1.29, 1.82) is 0 Å². The molecule has 3 nitrogen and oxygen atoms in total. The number of hydrogen-bond donors (Lipinski definition) is 0. The largest absolute Gasteiger partial charge is 0.257 e. The molecular formula is C10H10ClNO2S. The lowest BCUT2D eigenvalue weighted by Crippen LogP contribution is -2.34. The monoisotopic (exact) mass is 243 g/mol. The lowest BCUT2D eigenvalue weighted by Gasteiger charge is -2.25. The van der Waals surface area contributed by atoms with E-state index in [9.17, 15) is 8.42 Å². The van der Waals surface area contributed by atoms with Gasteiger partial charge in [0.25, 0.3) is 0 Å². The summed E-state index contributed by atoms with van der Waals surface area (Å²) in [4.78, 5) is 4.13. The zero-order valence-corrected chi connectivity index (χ0v) is 9.72. The highest BCUT2D eigenvalue weighted by Gasteiger charge is 2.38. The van der Waals surface area contributed by atoms with Crippen molar-refractivity contribution in [1.82, 2.24) is 4.98 Å². The molecule has 0 bridgehead atoms. The molecule has 80 valence electrons. The van der Waals surface area contributed by atoms with Crippen LogP contribution in [0.15, 0.2) is 24.4 Å². The summed E-state index contributed by atoms with van der Waals surface area (Å²) in [5.74, 6) is 0. The highest BCUT2D eigenvalue weighted by molar-refractivity contribution is 7.93. The lowest BCUT2D eigenvalue weighted by atomic mass is 10.0. The maximum atomic E-state index is 11.5. The van der Waals surface area contributed by atoms with Gasteiger partial charge in [-0.15, -0.1) is 0 Å². The number of fused-ring (bicyclic) bond motifs is 1. The minimum Gasteiger partial charge on any atom is -0.257 e. The Morgan fingerprint density at radius 1 is 1.53 bits per heavy atom. The van der Waals surface area contributed by atoms with Gasteiger partial charge < -0.3 is 0 Å². The van der Waals surface area contributed by atoms with Crippen LogP contribution in [0.25, 0.3) is 6.08 Å². The Morgan fingerprint density at radius 3 is 2.93 bits per heavy atom.